The third-order valence-electron chi connectivity index (χ3n) is 3.42. The van der Waals surface area contributed by atoms with Gasteiger partial charge in [-0.05, 0) is 42.9 Å². The van der Waals surface area contributed by atoms with Crippen molar-refractivity contribution in [2.75, 3.05) is 6.54 Å². The van der Waals surface area contributed by atoms with Gasteiger partial charge in [-0.15, -0.1) is 0 Å². The molecule has 2 rings (SSSR count). The van der Waals surface area contributed by atoms with Crippen molar-refractivity contribution in [1.29, 1.82) is 0 Å². The van der Waals surface area contributed by atoms with Crippen molar-refractivity contribution in [3.05, 3.63) is 24.3 Å². The number of benzene rings is 1. The number of hydrogen-bond donors (Lipinski definition) is 1. The van der Waals surface area contributed by atoms with Gasteiger partial charge in [0.15, 0.2) is 0 Å². The fourth-order valence-electron chi connectivity index (χ4n) is 1.95. The van der Waals surface area contributed by atoms with Crippen LogP contribution in [0.1, 0.15) is 19.8 Å². The fourth-order valence-corrected chi connectivity index (χ4v) is 4.01. The Labute approximate surface area is 123 Å². The summed E-state index contributed by atoms with van der Waals surface area (Å²) in [7, 11) is -2.44. The van der Waals surface area contributed by atoms with Gasteiger partial charge in [0.2, 0.25) is 10.0 Å². The highest BCUT2D eigenvalue weighted by atomic mass is 35.7. The summed E-state index contributed by atoms with van der Waals surface area (Å²) in [6.07, 6.45) is 2.28. The van der Waals surface area contributed by atoms with Gasteiger partial charge in [-0.1, -0.05) is 13.0 Å². The summed E-state index contributed by atoms with van der Waals surface area (Å²) in [5, 5.41) is 0. The van der Waals surface area contributed by atoms with Crippen LogP contribution in [0.25, 0.3) is 0 Å². The lowest BCUT2D eigenvalue weighted by molar-refractivity contribution is 0.492. The Balaban J connectivity index is 2.16. The minimum Gasteiger partial charge on any atom is -0.211 e. The molecule has 8 heteroatoms. The standard InChI is InChI=1S/C12H16ClNO4S2/c1-9(10-5-6-10)8-14-20(17,18)12-4-2-3-11(7-12)19(13,15)16/h2-4,7,9-10,14H,5-6,8H2,1H3. The molecule has 0 aromatic heterocycles. The van der Waals surface area contributed by atoms with Crippen LogP contribution in [0.15, 0.2) is 34.1 Å². The molecule has 20 heavy (non-hydrogen) atoms. The smallest absolute Gasteiger partial charge is 0.211 e. The van der Waals surface area contributed by atoms with E-state index in [0.29, 0.717) is 12.5 Å². The molecule has 1 aromatic carbocycles. The van der Waals surface area contributed by atoms with Crippen LogP contribution in [-0.2, 0) is 19.1 Å². The van der Waals surface area contributed by atoms with Gasteiger partial charge >= 0.3 is 0 Å². The zero-order valence-electron chi connectivity index (χ0n) is 10.9. The molecule has 0 spiro atoms. The maximum Gasteiger partial charge on any atom is 0.261 e. The van der Waals surface area contributed by atoms with Crippen LogP contribution in [0.2, 0.25) is 0 Å². The monoisotopic (exact) mass is 337 g/mol. The van der Waals surface area contributed by atoms with Crippen molar-refractivity contribution in [3.8, 4) is 0 Å². The average Bonchev–Trinajstić information content (AvgIpc) is 3.19. The van der Waals surface area contributed by atoms with Gasteiger partial charge in [-0.25, -0.2) is 21.6 Å². The molecule has 0 radical (unpaired) electrons. The van der Waals surface area contributed by atoms with E-state index in [0.717, 1.165) is 18.9 Å². The minimum atomic E-state index is -3.94. The van der Waals surface area contributed by atoms with Crippen LogP contribution in [0.4, 0.5) is 0 Å². The van der Waals surface area contributed by atoms with Crippen LogP contribution < -0.4 is 4.72 Å². The van der Waals surface area contributed by atoms with Gasteiger partial charge in [-0.2, -0.15) is 0 Å². The first-order valence-electron chi connectivity index (χ1n) is 6.24. The summed E-state index contributed by atoms with van der Waals surface area (Å²) in [6, 6.07) is 5.02. The Morgan fingerprint density at radius 1 is 1.25 bits per heavy atom. The molecule has 0 amide bonds. The Kier molecular flexibility index (Phi) is 4.44. The molecule has 0 aliphatic heterocycles. The minimum absolute atomic E-state index is 0.0952. The van der Waals surface area contributed by atoms with Gasteiger partial charge < -0.3 is 0 Å². The Hall–Kier alpha value is -0.630. The van der Waals surface area contributed by atoms with E-state index in [1.807, 2.05) is 6.92 Å². The lowest BCUT2D eigenvalue weighted by Crippen LogP contribution is -2.29. The highest BCUT2D eigenvalue weighted by Gasteiger charge is 2.29. The van der Waals surface area contributed by atoms with Crippen LogP contribution in [-0.4, -0.2) is 23.4 Å². The second kappa shape index (κ2) is 5.63. The summed E-state index contributed by atoms with van der Waals surface area (Å²) in [5.74, 6) is 0.872. The molecule has 1 atom stereocenters. The van der Waals surface area contributed by atoms with Crippen LogP contribution >= 0.6 is 10.7 Å². The first-order valence-corrected chi connectivity index (χ1v) is 10.0. The van der Waals surface area contributed by atoms with Gasteiger partial charge in [0.25, 0.3) is 9.05 Å². The molecule has 0 saturated heterocycles. The summed E-state index contributed by atoms with van der Waals surface area (Å²) in [4.78, 5) is -0.320. The predicted molar refractivity (Wildman–Crippen MR) is 76.6 cm³/mol. The van der Waals surface area contributed by atoms with Crippen molar-refractivity contribution in [3.63, 3.8) is 0 Å². The summed E-state index contributed by atoms with van der Waals surface area (Å²) >= 11 is 0. The number of hydrogen-bond acceptors (Lipinski definition) is 4. The van der Waals surface area contributed by atoms with Crippen molar-refractivity contribution in [2.24, 2.45) is 11.8 Å². The molecule has 1 aromatic rings. The molecule has 1 unspecified atom stereocenters. The third kappa shape index (κ3) is 3.94. The number of sulfonamides is 1. The molecule has 1 fully saturated rings. The second-order valence-corrected chi connectivity index (χ2v) is 9.41. The van der Waals surface area contributed by atoms with Crippen molar-refractivity contribution < 1.29 is 16.8 Å². The van der Waals surface area contributed by atoms with E-state index >= 15 is 0 Å². The Bertz CT molecular complexity index is 696. The van der Waals surface area contributed by atoms with E-state index in [-0.39, 0.29) is 15.7 Å². The predicted octanol–water partition coefficient (Wildman–Crippen LogP) is 1.94. The molecule has 112 valence electrons. The highest BCUT2D eigenvalue weighted by Crippen LogP contribution is 2.36. The molecular weight excluding hydrogens is 322 g/mol. The molecule has 5 nitrogen and oxygen atoms in total. The fraction of sp³-hybridized carbons (Fsp3) is 0.500. The first-order chi connectivity index (χ1) is 9.20. The Morgan fingerprint density at radius 3 is 2.40 bits per heavy atom. The second-order valence-electron chi connectivity index (χ2n) is 5.08. The molecule has 0 heterocycles. The normalized spacial score (nSPS) is 17.9. The average molecular weight is 338 g/mol. The van der Waals surface area contributed by atoms with E-state index in [4.69, 9.17) is 10.7 Å². The van der Waals surface area contributed by atoms with Crippen LogP contribution in [0, 0.1) is 11.8 Å². The number of nitrogens with one attached hydrogen (secondary N) is 1. The maximum absolute atomic E-state index is 12.1. The SMILES string of the molecule is CC(CNS(=O)(=O)c1cccc(S(=O)(=O)Cl)c1)C1CC1. The van der Waals surface area contributed by atoms with Crippen molar-refractivity contribution in [1.82, 2.24) is 4.72 Å². The number of rotatable bonds is 6. The molecule has 1 saturated carbocycles. The van der Waals surface area contributed by atoms with E-state index < -0.39 is 19.1 Å². The molecule has 1 N–H and O–H groups in total. The number of halogens is 1. The van der Waals surface area contributed by atoms with E-state index in [1.54, 1.807) is 0 Å². The zero-order valence-corrected chi connectivity index (χ0v) is 13.3. The highest BCUT2D eigenvalue weighted by molar-refractivity contribution is 8.13. The van der Waals surface area contributed by atoms with Crippen LogP contribution in [0.3, 0.4) is 0 Å². The lowest BCUT2D eigenvalue weighted by Gasteiger charge is -2.12. The quantitative estimate of drug-likeness (QED) is 0.804. The Morgan fingerprint density at radius 2 is 1.85 bits per heavy atom. The third-order valence-corrected chi connectivity index (χ3v) is 6.19. The van der Waals surface area contributed by atoms with Crippen molar-refractivity contribution in [2.45, 2.75) is 29.6 Å². The van der Waals surface area contributed by atoms with Gasteiger partial charge in [0, 0.05) is 17.2 Å². The van der Waals surface area contributed by atoms with Gasteiger partial charge in [0.1, 0.15) is 0 Å². The van der Waals surface area contributed by atoms with E-state index in [1.165, 1.54) is 18.2 Å². The summed E-state index contributed by atoms with van der Waals surface area (Å²) in [5.41, 5.74) is 0. The summed E-state index contributed by atoms with van der Waals surface area (Å²) in [6.45, 7) is 2.35. The zero-order chi connectivity index (χ0) is 15.0. The topological polar surface area (TPSA) is 80.3 Å². The molecular formula is C12H16ClNO4S2. The maximum atomic E-state index is 12.1. The molecule has 1 aliphatic rings. The van der Waals surface area contributed by atoms with Gasteiger partial charge in [0.05, 0.1) is 9.79 Å². The molecule has 0 bridgehead atoms. The van der Waals surface area contributed by atoms with Gasteiger partial charge in [-0.3, -0.25) is 0 Å². The largest absolute Gasteiger partial charge is 0.261 e. The van der Waals surface area contributed by atoms with Crippen LogP contribution in [0.5, 0.6) is 0 Å². The van der Waals surface area contributed by atoms with E-state index in [2.05, 4.69) is 4.72 Å². The van der Waals surface area contributed by atoms with E-state index in [9.17, 15) is 16.8 Å². The first kappa shape index (κ1) is 15.8. The van der Waals surface area contributed by atoms with Crippen molar-refractivity contribution >= 4 is 29.8 Å². The lowest BCUT2D eigenvalue weighted by atomic mass is 10.1. The summed E-state index contributed by atoms with van der Waals surface area (Å²) < 4.78 is 49.2. The molecule has 1 aliphatic carbocycles.